The van der Waals surface area contributed by atoms with Crippen LogP contribution in [0.15, 0.2) is 71.2 Å². The van der Waals surface area contributed by atoms with E-state index in [0.29, 0.717) is 26.5 Å². The number of piperazine rings is 1. The summed E-state index contributed by atoms with van der Waals surface area (Å²) in [7, 11) is 1.58. The van der Waals surface area contributed by atoms with E-state index in [-0.39, 0.29) is 36.7 Å². The molecule has 4 atom stereocenters. The SMILES string of the molecule is COc1ccc(N2C(=O)C3CNC(C(=O)c4ccc(Br)c(Cl)c4)CN3C2C(=O)N[C@H]2CCc3ccccc32)cc1. The third-order valence-electron chi connectivity index (χ3n) is 7.99. The molecule has 2 heterocycles. The van der Waals surface area contributed by atoms with E-state index >= 15 is 0 Å². The molecule has 8 nitrogen and oxygen atoms in total. The van der Waals surface area contributed by atoms with E-state index in [4.69, 9.17) is 16.3 Å². The van der Waals surface area contributed by atoms with Gasteiger partial charge in [0.2, 0.25) is 5.91 Å². The van der Waals surface area contributed by atoms with Crippen molar-refractivity contribution in [1.29, 1.82) is 0 Å². The Labute approximate surface area is 245 Å². The molecule has 206 valence electrons. The molecule has 10 heteroatoms. The maximum absolute atomic E-state index is 14.0. The maximum atomic E-state index is 14.0. The number of anilines is 1. The van der Waals surface area contributed by atoms with Gasteiger partial charge in [0, 0.05) is 28.8 Å². The molecule has 3 aromatic rings. The number of halogens is 2. The average molecular weight is 624 g/mol. The largest absolute Gasteiger partial charge is 0.497 e. The molecule has 1 aliphatic carbocycles. The fraction of sp³-hybridized carbons (Fsp3) is 0.300. The molecule has 0 spiro atoms. The van der Waals surface area contributed by atoms with Gasteiger partial charge in [0.1, 0.15) is 11.8 Å². The second kappa shape index (κ2) is 11.0. The van der Waals surface area contributed by atoms with Crippen LogP contribution in [0.25, 0.3) is 0 Å². The number of fused-ring (bicyclic) bond motifs is 2. The van der Waals surface area contributed by atoms with Gasteiger partial charge in [-0.05, 0) is 76.3 Å². The molecule has 0 saturated carbocycles. The number of hydrogen-bond donors (Lipinski definition) is 2. The van der Waals surface area contributed by atoms with Crippen LogP contribution in [-0.2, 0) is 16.0 Å². The smallest absolute Gasteiger partial charge is 0.258 e. The van der Waals surface area contributed by atoms with Crippen LogP contribution in [0.5, 0.6) is 5.75 Å². The Bertz CT molecular complexity index is 1480. The molecule has 2 N–H and O–H groups in total. The van der Waals surface area contributed by atoms with Crippen LogP contribution in [0.3, 0.4) is 0 Å². The van der Waals surface area contributed by atoms with E-state index in [1.165, 1.54) is 5.56 Å². The van der Waals surface area contributed by atoms with Crippen LogP contribution in [0.4, 0.5) is 5.69 Å². The van der Waals surface area contributed by atoms with Crippen molar-refractivity contribution in [2.45, 2.75) is 37.1 Å². The second-order valence-corrected chi connectivity index (χ2v) is 11.5. The molecule has 2 aliphatic heterocycles. The summed E-state index contributed by atoms with van der Waals surface area (Å²) in [6.07, 6.45) is 0.768. The quantitative estimate of drug-likeness (QED) is 0.402. The number of Topliss-reactive ketones (excluding diaryl/α,β-unsaturated/α-hetero) is 1. The fourth-order valence-electron chi connectivity index (χ4n) is 5.96. The number of ketones is 1. The van der Waals surface area contributed by atoms with Gasteiger partial charge >= 0.3 is 0 Å². The van der Waals surface area contributed by atoms with E-state index in [1.807, 2.05) is 23.1 Å². The van der Waals surface area contributed by atoms with E-state index < -0.39 is 18.2 Å². The van der Waals surface area contributed by atoms with E-state index in [1.54, 1.807) is 54.5 Å². The highest BCUT2D eigenvalue weighted by Crippen LogP contribution is 2.35. The van der Waals surface area contributed by atoms with Crippen LogP contribution in [0, 0.1) is 0 Å². The first-order valence-corrected chi connectivity index (χ1v) is 14.4. The zero-order valence-electron chi connectivity index (χ0n) is 21.8. The lowest BCUT2D eigenvalue weighted by Crippen LogP contribution is -2.62. The Morgan fingerprint density at radius 3 is 2.62 bits per heavy atom. The normalized spacial score (nSPS) is 24.0. The van der Waals surface area contributed by atoms with E-state index in [9.17, 15) is 14.4 Å². The summed E-state index contributed by atoms with van der Waals surface area (Å²) in [5.41, 5.74) is 3.38. The Morgan fingerprint density at radius 1 is 1.10 bits per heavy atom. The molecule has 3 aromatic carbocycles. The number of amides is 2. The lowest BCUT2D eigenvalue weighted by atomic mass is 10.0. The number of hydrogen-bond acceptors (Lipinski definition) is 6. The number of nitrogens with zero attached hydrogens (tertiary/aromatic N) is 2. The van der Waals surface area contributed by atoms with Crippen molar-refractivity contribution in [3.63, 3.8) is 0 Å². The van der Waals surface area contributed by atoms with Crippen molar-refractivity contribution in [2.24, 2.45) is 0 Å². The van der Waals surface area contributed by atoms with Crippen molar-refractivity contribution in [1.82, 2.24) is 15.5 Å². The maximum Gasteiger partial charge on any atom is 0.258 e. The lowest BCUT2D eigenvalue weighted by molar-refractivity contribution is -0.127. The van der Waals surface area contributed by atoms with Gasteiger partial charge < -0.3 is 15.4 Å². The Balaban J connectivity index is 1.31. The molecule has 3 aliphatic rings. The summed E-state index contributed by atoms with van der Waals surface area (Å²) in [5, 5.41) is 6.90. The number of rotatable bonds is 6. The number of ether oxygens (including phenoxy) is 1. The molecule has 2 saturated heterocycles. The summed E-state index contributed by atoms with van der Waals surface area (Å²) < 4.78 is 6.00. The number of benzene rings is 3. The van der Waals surface area contributed by atoms with Gasteiger partial charge in [-0.1, -0.05) is 41.9 Å². The van der Waals surface area contributed by atoms with Gasteiger partial charge in [-0.2, -0.15) is 0 Å². The summed E-state index contributed by atoms with van der Waals surface area (Å²) >= 11 is 9.62. The van der Waals surface area contributed by atoms with Crippen LogP contribution < -0.4 is 20.3 Å². The fourth-order valence-corrected chi connectivity index (χ4v) is 6.39. The molecular formula is C30H28BrClN4O4. The highest BCUT2D eigenvalue weighted by atomic mass is 79.9. The molecule has 40 heavy (non-hydrogen) atoms. The Kier molecular flexibility index (Phi) is 7.39. The van der Waals surface area contributed by atoms with Gasteiger partial charge in [0.25, 0.3) is 5.91 Å². The first-order valence-electron chi connectivity index (χ1n) is 13.2. The molecule has 0 radical (unpaired) electrons. The zero-order chi connectivity index (χ0) is 28.0. The molecule has 0 aromatic heterocycles. The van der Waals surface area contributed by atoms with Gasteiger partial charge in [-0.3, -0.25) is 24.2 Å². The second-order valence-electron chi connectivity index (χ2n) is 10.2. The summed E-state index contributed by atoms with van der Waals surface area (Å²) in [5.74, 6) is 0.0413. The monoisotopic (exact) mass is 622 g/mol. The number of methoxy groups -OCH3 is 1. The van der Waals surface area contributed by atoms with E-state index in [0.717, 1.165) is 18.4 Å². The Morgan fingerprint density at radius 2 is 1.88 bits per heavy atom. The summed E-state index contributed by atoms with van der Waals surface area (Å²) in [4.78, 5) is 44.7. The number of aryl methyl sites for hydroxylation is 1. The minimum atomic E-state index is -0.912. The molecule has 3 unspecified atom stereocenters. The van der Waals surface area contributed by atoms with Crippen molar-refractivity contribution in [3.8, 4) is 5.75 Å². The first-order chi connectivity index (χ1) is 19.4. The van der Waals surface area contributed by atoms with Crippen LogP contribution in [-0.4, -0.2) is 60.9 Å². The molecule has 6 rings (SSSR count). The van der Waals surface area contributed by atoms with Crippen LogP contribution in [0.2, 0.25) is 5.02 Å². The van der Waals surface area contributed by atoms with Crippen molar-refractivity contribution < 1.29 is 19.1 Å². The predicted octanol–water partition coefficient (Wildman–Crippen LogP) is 4.11. The molecule has 2 fully saturated rings. The minimum absolute atomic E-state index is 0.138. The third-order valence-corrected chi connectivity index (χ3v) is 9.22. The molecule has 0 bridgehead atoms. The van der Waals surface area contributed by atoms with Gasteiger partial charge in [-0.15, -0.1) is 0 Å². The highest BCUT2D eigenvalue weighted by Gasteiger charge is 2.53. The van der Waals surface area contributed by atoms with Crippen LogP contribution in [0.1, 0.15) is 33.9 Å². The standard InChI is InChI=1S/C30H28BrClN4O4/c1-40-20-10-8-19(9-11-20)36-29(28(38)34-24-13-7-17-4-2-3-5-21(17)24)35-16-25(33-15-26(35)30(36)39)27(37)18-6-12-22(31)23(32)14-18/h2-6,8-12,14,24-26,29,33H,7,13,15-16H2,1H3,(H,34,38)/t24-,25?,26?,29?/m0/s1. The van der Waals surface area contributed by atoms with Crippen molar-refractivity contribution in [2.75, 3.05) is 25.1 Å². The minimum Gasteiger partial charge on any atom is -0.497 e. The van der Waals surface area contributed by atoms with Gasteiger partial charge in [-0.25, -0.2) is 0 Å². The first kappa shape index (κ1) is 27.0. The Hall–Kier alpha value is -3.24. The number of carbonyl (C=O) groups is 3. The van der Waals surface area contributed by atoms with Crippen molar-refractivity contribution >= 4 is 50.8 Å². The van der Waals surface area contributed by atoms with Gasteiger partial charge in [0.05, 0.1) is 24.2 Å². The average Bonchev–Trinajstić information content (AvgIpc) is 3.52. The molecule has 2 amide bonds. The lowest BCUT2D eigenvalue weighted by Gasteiger charge is -2.37. The van der Waals surface area contributed by atoms with Crippen LogP contribution >= 0.6 is 27.5 Å². The topological polar surface area (TPSA) is 91.0 Å². The summed E-state index contributed by atoms with van der Waals surface area (Å²) in [6, 6.07) is 18.9. The number of nitrogens with one attached hydrogen (secondary N) is 2. The van der Waals surface area contributed by atoms with Crippen molar-refractivity contribution in [3.05, 3.63) is 92.9 Å². The predicted molar refractivity (Wildman–Crippen MR) is 156 cm³/mol. The summed E-state index contributed by atoms with van der Waals surface area (Å²) in [6.45, 7) is 0.428. The highest BCUT2D eigenvalue weighted by molar-refractivity contribution is 9.10. The van der Waals surface area contributed by atoms with E-state index in [2.05, 4.69) is 32.6 Å². The third kappa shape index (κ3) is 4.81. The van der Waals surface area contributed by atoms with Gasteiger partial charge in [0.15, 0.2) is 11.9 Å². The zero-order valence-corrected chi connectivity index (χ0v) is 24.1. The molecular weight excluding hydrogens is 596 g/mol. The number of carbonyl (C=O) groups excluding carboxylic acids is 3.